The number of carbonyl (C=O) groups is 1. The highest BCUT2D eigenvalue weighted by atomic mass is 19.4. The van der Waals surface area contributed by atoms with Crippen LogP contribution in [0.2, 0.25) is 0 Å². The Morgan fingerprint density at radius 3 is 2.11 bits per heavy atom. The third-order valence-electron chi connectivity index (χ3n) is 6.73. The summed E-state index contributed by atoms with van der Waals surface area (Å²) in [5.41, 5.74) is 6.88. The largest absolute Gasteiger partial charge is 0.573 e. The molecular weight excluding hydrogens is 563 g/mol. The van der Waals surface area contributed by atoms with Crippen LogP contribution < -0.4 is 14.8 Å². The van der Waals surface area contributed by atoms with E-state index in [1.807, 2.05) is 13.0 Å². The van der Waals surface area contributed by atoms with Crippen LogP contribution in [0.15, 0.2) is 110 Å². The van der Waals surface area contributed by atoms with Gasteiger partial charge in [0.05, 0.1) is 6.61 Å². The second kappa shape index (κ2) is 15.6. The van der Waals surface area contributed by atoms with Gasteiger partial charge in [0.15, 0.2) is 0 Å². The van der Waals surface area contributed by atoms with E-state index >= 15 is 0 Å². The summed E-state index contributed by atoms with van der Waals surface area (Å²) in [6, 6.07) is 26.0. The molecule has 4 aromatic carbocycles. The van der Waals surface area contributed by atoms with Crippen LogP contribution in [0.3, 0.4) is 0 Å². The van der Waals surface area contributed by atoms with Gasteiger partial charge < -0.3 is 14.8 Å². The number of hydrogen-bond acceptors (Lipinski definition) is 3. The molecule has 0 aromatic heterocycles. The van der Waals surface area contributed by atoms with Gasteiger partial charge in [-0.15, -0.1) is 13.2 Å². The van der Waals surface area contributed by atoms with Crippen molar-refractivity contribution >= 4 is 33.5 Å². The number of nitrogens with one attached hydrogen (secondary N) is 1. The second-order valence-corrected chi connectivity index (χ2v) is 10.0. The number of anilines is 1. The first-order chi connectivity index (χ1) is 20.9. The van der Waals surface area contributed by atoms with Crippen LogP contribution in [-0.2, 0) is 4.79 Å². The molecule has 1 amide bonds. The lowest BCUT2D eigenvalue weighted by molar-refractivity contribution is -0.274. The van der Waals surface area contributed by atoms with Gasteiger partial charge in [-0.3, -0.25) is 4.79 Å². The van der Waals surface area contributed by atoms with Crippen LogP contribution in [0.4, 0.5) is 18.9 Å². The molecule has 0 bridgehead atoms. The topological polar surface area (TPSA) is 47.6 Å². The maximum atomic E-state index is 11.8. The van der Waals surface area contributed by atoms with Crippen molar-refractivity contribution in [3.63, 3.8) is 0 Å². The zero-order valence-corrected chi connectivity index (χ0v) is 25.6. The van der Waals surface area contributed by atoms with Crippen molar-refractivity contribution in [3.8, 4) is 11.5 Å². The van der Waals surface area contributed by atoms with Crippen LogP contribution in [0.25, 0.3) is 21.9 Å². The number of halogens is 3. The molecule has 0 spiro atoms. The fraction of sp³-hybridized carbons (Fsp3) is 0.216. The first-order valence-corrected chi connectivity index (χ1v) is 14.4. The number of carbonyl (C=O) groups excluding carboxylic acids is 1. The number of hydrogen-bond donors (Lipinski definition) is 1. The Labute approximate surface area is 257 Å². The first kappa shape index (κ1) is 33.7. The van der Waals surface area contributed by atoms with E-state index < -0.39 is 6.36 Å². The van der Waals surface area contributed by atoms with Crippen molar-refractivity contribution in [2.24, 2.45) is 0 Å². The molecule has 7 heteroatoms. The van der Waals surface area contributed by atoms with E-state index in [4.69, 9.17) is 4.74 Å². The van der Waals surface area contributed by atoms with Gasteiger partial charge in [0.1, 0.15) is 11.5 Å². The number of amides is 1. The van der Waals surface area contributed by atoms with Crippen molar-refractivity contribution in [1.82, 2.24) is 0 Å². The van der Waals surface area contributed by atoms with Crippen molar-refractivity contribution < 1.29 is 27.4 Å². The highest BCUT2D eigenvalue weighted by molar-refractivity contribution is 5.99. The summed E-state index contributed by atoms with van der Waals surface area (Å²) in [6.07, 6.45) is -1.29. The average Bonchev–Trinajstić information content (AvgIpc) is 3.00. The summed E-state index contributed by atoms with van der Waals surface area (Å²) in [6.45, 7) is 17.4. The molecule has 0 fully saturated rings. The minimum atomic E-state index is -4.70. The number of benzene rings is 4. The molecule has 4 nitrogen and oxygen atoms in total. The molecule has 0 unspecified atom stereocenters. The first-order valence-electron chi connectivity index (χ1n) is 14.4. The molecule has 0 heterocycles. The van der Waals surface area contributed by atoms with E-state index in [1.54, 1.807) is 6.92 Å². The minimum absolute atomic E-state index is 0.204. The smallest absolute Gasteiger partial charge is 0.494 e. The Hall–Kier alpha value is -4.78. The van der Waals surface area contributed by atoms with Gasteiger partial charge in [-0.1, -0.05) is 75.5 Å². The molecule has 44 heavy (non-hydrogen) atoms. The van der Waals surface area contributed by atoms with Crippen molar-refractivity contribution in [3.05, 3.63) is 126 Å². The van der Waals surface area contributed by atoms with Gasteiger partial charge in [0, 0.05) is 12.1 Å². The quantitative estimate of drug-likeness (QED) is 0.184. The van der Waals surface area contributed by atoms with E-state index in [0.717, 1.165) is 64.3 Å². The fourth-order valence-corrected chi connectivity index (χ4v) is 4.48. The van der Waals surface area contributed by atoms with E-state index in [1.165, 1.54) is 22.9 Å². The van der Waals surface area contributed by atoms with Crippen LogP contribution >= 0.6 is 0 Å². The summed E-state index contributed by atoms with van der Waals surface area (Å²) in [5.74, 6) is 0.387. The number of alkyl halides is 3. The Morgan fingerprint density at radius 1 is 0.864 bits per heavy atom. The normalized spacial score (nSPS) is 11.3. The molecule has 0 aliphatic heterocycles. The van der Waals surface area contributed by atoms with Crippen LogP contribution in [0.1, 0.15) is 50.3 Å². The Balaban J connectivity index is 0.000000281. The SMILES string of the molecule is C=C(/C(=C/C)C(=C)c1ccc(OCCC)cc1C)c1ccc2ccccc2c1.CCC(=O)Nc1ccc(OC(F)(F)F)cc1. The molecule has 4 rings (SSSR count). The van der Waals surface area contributed by atoms with Crippen LogP contribution in [0.5, 0.6) is 11.5 Å². The zero-order valence-electron chi connectivity index (χ0n) is 25.6. The Kier molecular flexibility index (Phi) is 12.0. The number of rotatable bonds is 10. The summed E-state index contributed by atoms with van der Waals surface area (Å²) < 4.78 is 44.9. The monoisotopic (exact) mass is 601 g/mol. The maximum Gasteiger partial charge on any atom is 0.573 e. The molecule has 0 radical (unpaired) electrons. The summed E-state index contributed by atoms with van der Waals surface area (Å²) in [7, 11) is 0. The number of fused-ring (bicyclic) bond motifs is 1. The number of aryl methyl sites for hydroxylation is 1. The molecule has 0 aliphatic rings. The van der Waals surface area contributed by atoms with Crippen molar-refractivity contribution in [1.29, 1.82) is 0 Å². The van der Waals surface area contributed by atoms with Crippen molar-refractivity contribution in [2.75, 3.05) is 11.9 Å². The van der Waals surface area contributed by atoms with Crippen LogP contribution in [-0.4, -0.2) is 18.9 Å². The third-order valence-corrected chi connectivity index (χ3v) is 6.73. The highest BCUT2D eigenvalue weighted by Crippen LogP contribution is 2.35. The number of ether oxygens (including phenoxy) is 2. The minimum Gasteiger partial charge on any atom is -0.494 e. The Morgan fingerprint density at radius 2 is 1.52 bits per heavy atom. The van der Waals surface area contributed by atoms with Gasteiger partial charge in [-0.05, 0) is 107 Å². The molecule has 230 valence electrons. The molecule has 4 aromatic rings. The molecule has 0 atom stereocenters. The standard InChI is InChI=1S/C27H28O.C10H10F3NO2/c1-6-16-28-25-14-15-27(19(3)17-25)21(5)26(7-2)20(4)23-13-12-22-10-8-9-11-24(22)18-23;1-2-9(15)14-7-3-5-8(6-4-7)16-10(11,12)13/h7-15,17-18H,4-6,16H2,1-3H3;3-6H,2H2,1H3,(H,14,15)/b26-7-;. The zero-order chi connectivity index (χ0) is 32.3. The van der Waals surface area contributed by atoms with Crippen LogP contribution in [0, 0.1) is 6.92 Å². The van der Waals surface area contributed by atoms with E-state index in [-0.39, 0.29) is 11.7 Å². The van der Waals surface area contributed by atoms with Gasteiger partial charge >= 0.3 is 6.36 Å². The van der Waals surface area contributed by atoms with E-state index in [2.05, 4.69) is 97.7 Å². The maximum absolute atomic E-state index is 11.8. The van der Waals surface area contributed by atoms with E-state index in [9.17, 15) is 18.0 Å². The average molecular weight is 602 g/mol. The van der Waals surface area contributed by atoms with Gasteiger partial charge in [0.25, 0.3) is 0 Å². The summed E-state index contributed by atoms with van der Waals surface area (Å²) in [4.78, 5) is 11.0. The lowest BCUT2D eigenvalue weighted by Crippen LogP contribution is -2.17. The summed E-state index contributed by atoms with van der Waals surface area (Å²) in [5, 5.41) is 4.96. The summed E-state index contributed by atoms with van der Waals surface area (Å²) >= 11 is 0. The fourth-order valence-electron chi connectivity index (χ4n) is 4.48. The second-order valence-electron chi connectivity index (χ2n) is 10.0. The lowest BCUT2D eigenvalue weighted by atomic mass is 9.88. The third kappa shape index (κ3) is 9.63. The molecule has 1 N–H and O–H groups in total. The Bertz CT molecular complexity index is 1640. The van der Waals surface area contributed by atoms with Gasteiger partial charge in [-0.2, -0.15) is 0 Å². The molecule has 0 saturated heterocycles. The van der Waals surface area contributed by atoms with Crippen molar-refractivity contribution in [2.45, 2.75) is 46.9 Å². The predicted molar refractivity (Wildman–Crippen MR) is 175 cm³/mol. The predicted octanol–water partition coefficient (Wildman–Crippen LogP) is 10.5. The molecule has 0 aliphatic carbocycles. The van der Waals surface area contributed by atoms with Gasteiger partial charge in [0.2, 0.25) is 5.91 Å². The highest BCUT2D eigenvalue weighted by Gasteiger charge is 2.31. The molecular formula is C37H38F3NO3. The van der Waals surface area contributed by atoms with Gasteiger partial charge in [-0.25, -0.2) is 0 Å². The number of allylic oxidation sites excluding steroid dienone is 4. The lowest BCUT2D eigenvalue weighted by Gasteiger charge is -2.17. The van der Waals surface area contributed by atoms with E-state index in [0.29, 0.717) is 12.1 Å². The molecule has 0 saturated carbocycles.